The highest BCUT2D eigenvalue weighted by atomic mass is 32.2. The van der Waals surface area contributed by atoms with Gasteiger partial charge in [-0.1, -0.05) is 12.1 Å². The molecule has 0 aliphatic carbocycles. The van der Waals surface area contributed by atoms with Crippen molar-refractivity contribution in [2.75, 3.05) is 19.7 Å². The van der Waals surface area contributed by atoms with Gasteiger partial charge in [0.15, 0.2) is 12.4 Å². The third-order valence-electron chi connectivity index (χ3n) is 5.08. The van der Waals surface area contributed by atoms with Crippen LogP contribution in [0.3, 0.4) is 0 Å². The Balaban J connectivity index is 1.33. The molecular formula is C23H21N3O5S. The molecule has 0 spiro atoms. The first-order valence-electron chi connectivity index (χ1n) is 10.1. The normalized spacial score (nSPS) is 14.8. The van der Waals surface area contributed by atoms with Gasteiger partial charge in [-0.2, -0.15) is 4.31 Å². The highest BCUT2D eigenvalue weighted by molar-refractivity contribution is 7.89. The molecule has 1 aliphatic heterocycles. The van der Waals surface area contributed by atoms with E-state index in [4.69, 9.17) is 4.74 Å². The van der Waals surface area contributed by atoms with E-state index in [1.54, 1.807) is 0 Å². The fourth-order valence-electron chi connectivity index (χ4n) is 3.36. The second kappa shape index (κ2) is 9.37. The molecule has 1 aromatic heterocycles. The first-order valence-corrected chi connectivity index (χ1v) is 11.6. The molecule has 4 rings (SSSR count). The second-order valence-corrected chi connectivity index (χ2v) is 9.22. The number of para-hydroxylation sites is 2. The van der Waals surface area contributed by atoms with Gasteiger partial charge in [-0.25, -0.2) is 18.2 Å². The third-order valence-corrected chi connectivity index (χ3v) is 6.99. The smallest absolute Gasteiger partial charge is 0.331 e. The number of ether oxygens (including phenoxy) is 1. The number of nitrogens with zero attached hydrogens (tertiary/aromatic N) is 3. The summed E-state index contributed by atoms with van der Waals surface area (Å²) in [6, 6.07) is 13.0. The van der Waals surface area contributed by atoms with E-state index in [1.165, 1.54) is 46.9 Å². The average Bonchev–Trinajstić information content (AvgIpc) is 3.37. The highest BCUT2D eigenvalue weighted by Gasteiger charge is 2.27. The molecule has 2 heterocycles. The summed E-state index contributed by atoms with van der Waals surface area (Å²) in [6.07, 6.45) is 5.88. The van der Waals surface area contributed by atoms with Gasteiger partial charge in [0.05, 0.1) is 27.8 Å². The molecule has 164 valence electrons. The molecule has 0 unspecified atom stereocenters. The lowest BCUT2D eigenvalue weighted by Crippen LogP contribution is -2.27. The summed E-state index contributed by atoms with van der Waals surface area (Å²) < 4.78 is 31.5. The minimum Gasteiger partial charge on any atom is -0.454 e. The van der Waals surface area contributed by atoms with Crippen LogP contribution < -0.4 is 0 Å². The van der Waals surface area contributed by atoms with Crippen LogP contribution in [0.4, 0.5) is 0 Å². The van der Waals surface area contributed by atoms with Crippen LogP contribution in [0, 0.1) is 0 Å². The Labute approximate surface area is 185 Å². The number of benzene rings is 2. The van der Waals surface area contributed by atoms with Crippen molar-refractivity contribution in [2.45, 2.75) is 17.7 Å². The molecule has 2 aromatic carbocycles. The number of esters is 1. The summed E-state index contributed by atoms with van der Waals surface area (Å²) in [6.45, 7) is 0.569. The molecule has 0 amide bonds. The maximum absolute atomic E-state index is 12.5. The van der Waals surface area contributed by atoms with Crippen molar-refractivity contribution in [3.8, 4) is 0 Å². The minimum absolute atomic E-state index is 0.146. The van der Waals surface area contributed by atoms with E-state index < -0.39 is 28.4 Å². The zero-order valence-corrected chi connectivity index (χ0v) is 18.0. The van der Waals surface area contributed by atoms with E-state index in [0.29, 0.717) is 24.3 Å². The van der Waals surface area contributed by atoms with E-state index in [-0.39, 0.29) is 10.5 Å². The van der Waals surface area contributed by atoms with Crippen molar-refractivity contribution < 1.29 is 22.7 Å². The topological polar surface area (TPSA) is 107 Å². The van der Waals surface area contributed by atoms with Gasteiger partial charge >= 0.3 is 5.97 Å². The van der Waals surface area contributed by atoms with Gasteiger partial charge in [0.1, 0.15) is 0 Å². The molecule has 9 heteroatoms. The monoisotopic (exact) mass is 451 g/mol. The second-order valence-electron chi connectivity index (χ2n) is 7.28. The summed E-state index contributed by atoms with van der Waals surface area (Å²) in [4.78, 5) is 33.0. The van der Waals surface area contributed by atoms with Gasteiger partial charge in [-0.3, -0.25) is 9.78 Å². The SMILES string of the molecule is O=C(/C=C/c1cnc2ccccc2n1)OCC(=O)c1ccc(S(=O)(=O)N2CCCC2)cc1. The average molecular weight is 452 g/mol. The van der Waals surface area contributed by atoms with Gasteiger partial charge < -0.3 is 4.74 Å². The first-order chi connectivity index (χ1) is 15.4. The molecule has 0 saturated carbocycles. The van der Waals surface area contributed by atoms with Crippen LogP contribution in [0.25, 0.3) is 17.1 Å². The lowest BCUT2D eigenvalue weighted by Gasteiger charge is -2.15. The van der Waals surface area contributed by atoms with Crippen molar-refractivity contribution >= 4 is 38.9 Å². The molecule has 3 aromatic rings. The Kier molecular flexibility index (Phi) is 6.38. The quantitative estimate of drug-likeness (QED) is 0.309. The number of hydrogen-bond donors (Lipinski definition) is 0. The maximum Gasteiger partial charge on any atom is 0.331 e. The lowest BCUT2D eigenvalue weighted by atomic mass is 10.1. The molecule has 1 saturated heterocycles. The number of aromatic nitrogens is 2. The summed E-state index contributed by atoms with van der Waals surface area (Å²) in [7, 11) is -3.54. The van der Waals surface area contributed by atoms with Crippen LogP contribution in [0.5, 0.6) is 0 Å². The molecule has 0 bridgehead atoms. The molecule has 8 nitrogen and oxygen atoms in total. The largest absolute Gasteiger partial charge is 0.454 e. The fraction of sp³-hybridized carbons (Fsp3) is 0.217. The van der Waals surface area contributed by atoms with Gasteiger partial charge in [-0.15, -0.1) is 0 Å². The van der Waals surface area contributed by atoms with E-state index in [9.17, 15) is 18.0 Å². The van der Waals surface area contributed by atoms with Crippen LogP contribution in [-0.4, -0.2) is 54.1 Å². The number of ketones is 1. The zero-order chi connectivity index (χ0) is 22.6. The molecule has 0 radical (unpaired) electrons. The predicted molar refractivity (Wildman–Crippen MR) is 118 cm³/mol. The molecule has 1 fully saturated rings. The Hall–Kier alpha value is -3.43. The molecule has 1 aliphatic rings. The van der Waals surface area contributed by atoms with Gasteiger partial charge in [0, 0.05) is 24.7 Å². The Bertz CT molecular complexity index is 1280. The van der Waals surface area contributed by atoms with Crippen LogP contribution in [0.1, 0.15) is 28.9 Å². The Morgan fingerprint density at radius 2 is 1.69 bits per heavy atom. The van der Waals surface area contributed by atoms with Gasteiger partial charge in [-0.05, 0) is 55.3 Å². The van der Waals surface area contributed by atoms with Gasteiger partial charge in [0.25, 0.3) is 0 Å². The predicted octanol–water partition coefficient (Wildman–Crippen LogP) is 2.85. The molecule has 0 atom stereocenters. The fourth-order valence-corrected chi connectivity index (χ4v) is 4.88. The minimum atomic E-state index is -3.54. The van der Waals surface area contributed by atoms with Gasteiger partial charge in [0.2, 0.25) is 10.0 Å². The van der Waals surface area contributed by atoms with E-state index in [0.717, 1.165) is 18.4 Å². The number of carbonyl (C=O) groups is 2. The van der Waals surface area contributed by atoms with Crippen molar-refractivity contribution in [3.63, 3.8) is 0 Å². The highest BCUT2D eigenvalue weighted by Crippen LogP contribution is 2.21. The van der Waals surface area contributed by atoms with E-state index >= 15 is 0 Å². The molecule has 0 N–H and O–H groups in total. The van der Waals surface area contributed by atoms with E-state index in [1.807, 2.05) is 24.3 Å². The van der Waals surface area contributed by atoms with Crippen LogP contribution in [-0.2, 0) is 19.6 Å². The summed E-state index contributed by atoms with van der Waals surface area (Å²) in [5.41, 5.74) is 2.20. The summed E-state index contributed by atoms with van der Waals surface area (Å²) >= 11 is 0. The number of fused-ring (bicyclic) bond motifs is 1. The van der Waals surface area contributed by atoms with Crippen LogP contribution >= 0.6 is 0 Å². The number of hydrogen-bond acceptors (Lipinski definition) is 7. The lowest BCUT2D eigenvalue weighted by molar-refractivity contribution is -0.136. The standard InChI is InChI=1S/C23H21N3O5S/c27-22(17-7-10-19(11-8-17)32(29,30)26-13-3-4-14-26)16-31-23(28)12-9-18-15-24-20-5-1-2-6-21(20)25-18/h1-2,5-12,15H,3-4,13-14,16H2/b12-9+. The zero-order valence-electron chi connectivity index (χ0n) is 17.2. The number of sulfonamides is 1. The van der Waals surface area contributed by atoms with Crippen molar-refractivity contribution in [2.24, 2.45) is 0 Å². The van der Waals surface area contributed by atoms with Crippen molar-refractivity contribution in [3.05, 3.63) is 72.1 Å². The molecular weight excluding hydrogens is 430 g/mol. The van der Waals surface area contributed by atoms with E-state index in [2.05, 4.69) is 9.97 Å². The van der Waals surface area contributed by atoms with Crippen LogP contribution in [0.15, 0.2) is 65.7 Å². The Morgan fingerprint density at radius 3 is 2.41 bits per heavy atom. The van der Waals surface area contributed by atoms with Crippen LogP contribution in [0.2, 0.25) is 0 Å². The maximum atomic E-state index is 12.5. The summed E-state index contributed by atoms with van der Waals surface area (Å²) in [5.74, 6) is -1.12. The first kappa shape index (κ1) is 21.8. The van der Waals surface area contributed by atoms with Crippen molar-refractivity contribution in [1.29, 1.82) is 0 Å². The number of rotatable bonds is 7. The summed E-state index contributed by atoms with van der Waals surface area (Å²) in [5, 5.41) is 0. The number of carbonyl (C=O) groups excluding carboxylic acids is 2. The molecule has 32 heavy (non-hydrogen) atoms. The Morgan fingerprint density at radius 1 is 1.00 bits per heavy atom. The number of Topliss-reactive ketones (excluding diaryl/α,β-unsaturated/α-hetero) is 1. The third kappa shape index (κ3) is 4.90. The van der Waals surface area contributed by atoms with Crippen molar-refractivity contribution in [1.82, 2.24) is 14.3 Å².